The van der Waals surface area contributed by atoms with Crippen molar-refractivity contribution in [2.75, 3.05) is 5.32 Å². The first-order valence-electron chi connectivity index (χ1n) is 8.38. The predicted octanol–water partition coefficient (Wildman–Crippen LogP) is 3.31. The van der Waals surface area contributed by atoms with Crippen LogP contribution in [0.25, 0.3) is 16.9 Å². The highest BCUT2D eigenvalue weighted by Gasteiger charge is 2.20. The molecule has 0 bridgehead atoms. The van der Waals surface area contributed by atoms with Crippen LogP contribution in [0.15, 0.2) is 42.7 Å². The monoisotopic (exact) mass is 321 g/mol. The van der Waals surface area contributed by atoms with E-state index in [0.29, 0.717) is 0 Å². The van der Waals surface area contributed by atoms with Gasteiger partial charge >= 0.3 is 0 Å². The first-order valence-corrected chi connectivity index (χ1v) is 8.38. The third-order valence-corrected chi connectivity index (χ3v) is 4.59. The zero-order valence-electron chi connectivity index (χ0n) is 13.4. The maximum Gasteiger partial charge on any atom is 0.227 e. The van der Waals surface area contributed by atoms with Crippen molar-refractivity contribution in [2.24, 2.45) is 5.92 Å². The molecule has 1 aliphatic rings. The molecule has 3 aromatic rings. The van der Waals surface area contributed by atoms with Gasteiger partial charge in [-0.1, -0.05) is 31.4 Å². The Morgan fingerprint density at radius 2 is 1.83 bits per heavy atom. The zero-order valence-corrected chi connectivity index (χ0v) is 13.4. The molecule has 0 atom stereocenters. The zero-order chi connectivity index (χ0) is 16.4. The highest BCUT2D eigenvalue weighted by atomic mass is 16.1. The Kier molecular flexibility index (Phi) is 3.94. The molecule has 1 amide bonds. The largest absolute Gasteiger partial charge is 0.326 e. The van der Waals surface area contributed by atoms with Crippen LogP contribution in [0.3, 0.4) is 0 Å². The Balaban J connectivity index is 1.48. The van der Waals surface area contributed by atoms with Gasteiger partial charge in [-0.15, -0.1) is 10.2 Å². The number of carbonyl (C=O) groups is 1. The summed E-state index contributed by atoms with van der Waals surface area (Å²) in [6, 6.07) is 11.6. The van der Waals surface area contributed by atoms with Crippen LogP contribution in [0.2, 0.25) is 0 Å². The van der Waals surface area contributed by atoms with Crippen LogP contribution in [0.4, 0.5) is 5.69 Å². The van der Waals surface area contributed by atoms with E-state index in [1.54, 1.807) is 10.8 Å². The molecule has 6 heteroatoms. The normalized spacial score (nSPS) is 15.5. The maximum atomic E-state index is 12.3. The lowest BCUT2D eigenvalue weighted by molar-refractivity contribution is -0.120. The topological polar surface area (TPSA) is 72.2 Å². The molecule has 122 valence electrons. The molecular weight excluding hydrogens is 302 g/mol. The highest BCUT2D eigenvalue weighted by Crippen LogP contribution is 2.25. The lowest BCUT2D eigenvalue weighted by atomic mass is 9.88. The smallest absolute Gasteiger partial charge is 0.227 e. The SMILES string of the molecule is O=C(Nc1ccc(-c2ccc3nncn3n2)cc1)C1CCCCC1. The van der Waals surface area contributed by atoms with Gasteiger partial charge in [-0.05, 0) is 37.1 Å². The number of hydrogen-bond donors (Lipinski definition) is 1. The fourth-order valence-corrected chi connectivity index (χ4v) is 3.22. The van der Waals surface area contributed by atoms with Crippen molar-refractivity contribution in [3.8, 4) is 11.3 Å². The molecule has 2 heterocycles. The first-order chi connectivity index (χ1) is 11.8. The Labute approximate surface area is 139 Å². The Morgan fingerprint density at radius 3 is 2.62 bits per heavy atom. The average Bonchev–Trinajstić information content (AvgIpc) is 3.11. The summed E-state index contributed by atoms with van der Waals surface area (Å²) in [5.41, 5.74) is 3.38. The molecule has 6 nitrogen and oxygen atoms in total. The molecular formula is C18H19N5O. The van der Waals surface area contributed by atoms with Crippen molar-refractivity contribution in [1.29, 1.82) is 0 Å². The number of carbonyl (C=O) groups excluding carboxylic acids is 1. The number of rotatable bonds is 3. The van der Waals surface area contributed by atoms with Gasteiger partial charge in [0.05, 0.1) is 5.69 Å². The van der Waals surface area contributed by atoms with Crippen LogP contribution in [0, 0.1) is 5.92 Å². The quantitative estimate of drug-likeness (QED) is 0.803. The molecule has 1 aromatic carbocycles. The van der Waals surface area contributed by atoms with Gasteiger partial charge in [-0.2, -0.15) is 9.61 Å². The minimum Gasteiger partial charge on any atom is -0.326 e. The minimum absolute atomic E-state index is 0.145. The number of amides is 1. The van der Waals surface area contributed by atoms with Crippen LogP contribution >= 0.6 is 0 Å². The van der Waals surface area contributed by atoms with Crippen LogP contribution in [-0.2, 0) is 4.79 Å². The number of nitrogens with zero attached hydrogens (tertiary/aromatic N) is 4. The van der Waals surface area contributed by atoms with E-state index in [4.69, 9.17) is 0 Å². The van der Waals surface area contributed by atoms with Crippen LogP contribution in [-0.4, -0.2) is 25.7 Å². The molecule has 1 aliphatic carbocycles. The summed E-state index contributed by atoms with van der Waals surface area (Å²) in [6.07, 6.45) is 7.17. The summed E-state index contributed by atoms with van der Waals surface area (Å²) >= 11 is 0. The Bertz CT molecular complexity index is 849. The van der Waals surface area contributed by atoms with E-state index in [-0.39, 0.29) is 11.8 Å². The third-order valence-electron chi connectivity index (χ3n) is 4.59. The van der Waals surface area contributed by atoms with Crippen LogP contribution < -0.4 is 5.32 Å². The second-order valence-electron chi connectivity index (χ2n) is 6.25. The van der Waals surface area contributed by atoms with E-state index < -0.39 is 0 Å². The molecule has 1 saturated carbocycles. The fraction of sp³-hybridized carbons (Fsp3) is 0.333. The Morgan fingerprint density at radius 1 is 1.04 bits per heavy atom. The van der Waals surface area contributed by atoms with E-state index in [0.717, 1.165) is 48.3 Å². The van der Waals surface area contributed by atoms with Gasteiger partial charge in [0.1, 0.15) is 6.33 Å². The van der Waals surface area contributed by atoms with Crippen molar-refractivity contribution >= 4 is 17.2 Å². The van der Waals surface area contributed by atoms with Gasteiger partial charge < -0.3 is 5.32 Å². The van der Waals surface area contributed by atoms with Crippen molar-refractivity contribution in [3.05, 3.63) is 42.7 Å². The summed E-state index contributed by atoms with van der Waals surface area (Å²) < 4.78 is 1.65. The van der Waals surface area contributed by atoms with Gasteiger partial charge in [0.15, 0.2) is 5.65 Å². The number of fused-ring (bicyclic) bond motifs is 1. The standard InChI is InChI=1S/C18H19N5O/c24-18(14-4-2-1-3-5-14)20-15-8-6-13(7-9-15)16-10-11-17-21-19-12-23(17)22-16/h6-12,14H,1-5H2,(H,20,24). The summed E-state index contributed by atoms with van der Waals surface area (Å²) in [7, 11) is 0. The number of aromatic nitrogens is 4. The lowest BCUT2D eigenvalue weighted by Gasteiger charge is -2.20. The summed E-state index contributed by atoms with van der Waals surface area (Å²) in [5, 5.41) is 15.3. The van der Waals surface area contributed by atoms with Crippen molar-refractivity contribution < 1.29 is 4.79 Å². The second-order valence-corrected chi connectivity index (χ2v) is 6.25. The predicted molar refractivity (Wildman–Crippen MR) is 91.4 cm³/mol. The molecule has 0 aliphatic heterocycles. The van der Waals surface area contributed by atoms with E-state index >= 15 is 0 Å². The second kappa shape index (κ2) is 6.39. The molecule has 2 aromatic heterocycles. The molecule has 4 rings (SSSR count). The molecule has 1 N–H and O–H groups in total. The van der Waals surface area contributed by atoms with E-state index in [1.807, 2.05) is 36.4 Å². The number of nitrogens with one attached hydrogen (secondary N) is 1. The average molecular weight is 321 g/mol. The summed E-state index contributed by atoms with van der Waals surface area (Å²) in [5.74, 6) is 0.308. The van der Waals surface area contributed by atoms with Gasteiger partial charge in [0.25, 0.3) is 0 Å². The lowest BCUT2D eigenvalue weighted by Crippen LogP contribution is -2.24. The Hall–Kier alpha value is -2.76. The minimum atomic E-state index is 0.145. The fourth-order valence-electron chi connectivity index (χ4n) is 3.22. The molecule has 1 fully saturated rings. The first kappa shape index (κ1) is 14.8. The van der Waals surface area contributed by atoms with E-state index in [2.05, 4.69) is 20.6 Å². The molecule has 0 spiro atoms. The van der Waals surface area contributed by atoms with Crippen LogP contribution in [0.5, 0.6) is 0 Å². The molecule has 0 radical (unpaired) electrons. The number of hydrogen-bond acceptors (Lipinski definition) is 4. The van der Waals surface area contributed by atoms with Gasteiger partial charge in [0.2, 0.25) is 5.91 Å². The molecule has 24 heavy (non-hydrogen) atoms. The van der Waals surface area contributed by atoms with Crippen LogP contribution in [0.1, 0.15) is 32.1 Å². The van der Waals surface area contributed by atoms with E-state index in [1.165, 1.54) is 6.42 Å². The third kappa shape index (κ3) is 2.99. The van der Waals surface area contributed by atoms with E-state index in [9.17, 15) is 4.79 Å². The molecule has 0 unspecified atom stereocenters. The van der Waals surface area contributed by atoms with Crippen molar-refractivity contribution in [2.45, 2.75) is 32.1 Å². The van der Waals surface area contributed by atoms with Gasteiger partial charge in [-0.25, -0.2) is 0 Å². The van der Waals surface area contributed by atoms with Crippen molar-refractivity contribution in [1.82, 2.24) is 19.8 Å². The number of anilines is 1. The van der Waals surface area contributed by atoms with Crippen molar-refractivity contribution in [3.63, 3.8) is 0 Å². The van der Waals surface area contributed by atoms with Gasteiger partial charge in [0, 0.05) is 17.2 Å². The maximum absolute atomic E-state index is 12.3. The summed E-state index contributed by atoms with van der Waals surface area (Å²) in [4.78, 5) is 12.3. The molecule has 0 saturated heterocycles. The summed E-state index contributed by atoms with van der Waals surface area (Å²) in [6.45, 7) is 0. The number of benzene rings is 1. The van der Waals surface area contributed by atoms with Gasteiger partial charge in [-0.3, -0.25) is 4.79 Å². The highest BCUT2D eigenvalue weighted by molar-refractivity contribution is 5.92.